The molecule has 12 heteroatoms. The number of hydrogen-bond acceptors (Lipinski definition) is 7. The molecule has 0 heterocycles. The highest BCUT2D eigenvalue weighted by Crippen LogP contribution is 2.12. The standard InChI is InChI=1S/C20H32N6O5S/c1-32-10-8-14(21)17(28)25-15(3-2-9-24-20(22)23)18(29)26-16(19(30)31)11-12-4-6-13(27)7-5-12/h4-7,14-16,27H,2-3,8-11,21H2,1H3,(H,25,28)(H,26,29)(H,30,31)(H4,22,23,24)/t14-,15-,16-/m0/s1. The van der Waals surface area contributed by atoms with Crippen LogP contribution in [0.3, 0.4) is 0 Å². The van der Waals surface area contributed by atoms with E-state index in [1.165, 1.54) is 12.1 Å². The number of nitrogens with two attached hydrogens (primary N) is 3. The van der Waals surface area contributed by atoms with Gasteiger partial charge in [0.05, 0.1) is 6.04 Å². The number of nitrogens with one attached hydrogen (secondary N) is 2. The summed E-state index contributed by atoms with van der Waals surface area (Å²) in [5, 5.41) is 24.0. The first kappa shape index (κ1) is 27.0. The number of carboxylic acid groups (broad SMARTS) is 1. The predicted molar refractivity (Wildman–Crippen MR) is 124 cm³/mol. The Kier molecular flexibility index (Phi) is 12.0. The van der Waals surface area contributed by atoms with E-state index in [1.54, 1.807) is 23.9 Å². The van der Waals surface area contributed by atoms with Crippen molar-refractivity contribution < 1.29 is 24.6 Å². The van der Waals surface area contributed by atoms with Gasteiger partial charge in [0.2, 0.25) is 11.8 Å². The number of aliphatic imine (C=N–C) groups is 1. The molecule has 0 bridgehead atoms. The van der Waals surface area contributed by atoms with Crippen LogP contribution in [0.2, 0.25) is 0 Å². The molecule has 32 heavy (non-hydrogen) atoms. The zero-order valence-corrected chi connectivity index (χ0v) is 18.8. The number of amides is 2. The monoisotopic (exact) mass is 468 g/mol. The molecule has 0 saturated heterocycles. The first-order valence-corrected chi connectivity index (χ1v) is 11.4. The highest BCUT2D eigenvalue weighted by Gasteiger charge is 2.27. The summed E-state index contributed by atoms with van der Waals surface area (Å²) in [5.74, 6) is -1.73. The van der Waals surface area contributed by atoms with Crippen LogP contribution >= 0.6 is 11.8 Å². The van der Waals surface area contributed by atoms with Crippen LogP contribution in [0.5, 0.6) is 5.75 Å². The third-order valence-electron chi connectivity index (χ3n) is 4.54. The van der Waals surface area contributed by atoms with E-state index in [2.05, 4.69) is 15.6 Å². The Morgan fingerprint density at radius 2 is 1.69 bits per heavy atom. The molecule has 0 fully saturated rings. The number of nitrogens with zero attached hydrogens (tertiary/aromatic N) is 1. The summed E-state index contributed by atoms with van der Waals surface area (Å²) in [6.07, 6.45) is 2.91. The molecule has 1 aromatic carbocycles. The lowest BCUT2D eigenvalue weighted by Gasteiger charge is -2.23. The van der Waals surface area contributed by atoms with E-state index in [-0.39, 0.29) is 31.1 Å². The topological polar surface area (TPSA) is 206 Å². The summed E-state index contributed by atoms with van der Waals surface area (Å²) in [5.41, 5.74) is 17.1. The summed E-state index contributed by atoms with van der Waals surface area (Å²) < 4.78 is 0. The third kappa shape index (κ3) is 10.4. The van der Waals surface area contributed by atoms with Crippen LogP contribution in [-0.4, -0.2) is 70.6 Å². The molecule has 1 rings (SSSR count). The predicted octanol–water partition coefficient (Wildman–Crippen LogP) is -0.877. The molecule has 0 aliphatic heterocycles. The van der Waals surface area contributed by atoms with Gasteiger partial charge in [-0.05, 0) is 49.0 Å². The van der Waals surface area contributed by atoms with Crippen molar-refractivity contribution in [3.63, 3.8) is 0 Å². The molecule has 2 amide bonds. The van der Waals surface area contributed by atoms with Gasteiger partial charge < -0.3 is 38.0 Å². The second kappa shape index (κ2) is 14.1. The van der Waals surface area contributed by atoms with Crippen molar-refractivity contribution in [2.75, 3.05) is 18.6 Å². The van der Waals surface area contributed by atoms with Crippen molar-refractivity contribution in [3.8, 4) is 5.75 Å². The normalized spacial score (nSPS) is 13.4. The maximum absolute atomic E-state index is 12.8. The smallest absolute Gasteiger partial charge is 0.326 e. The molecule has 178 valence electrons. The lowest BCUT2D eigenvalue weighted by atomic mass is 10.0. The maximum Gasteiger partial charge on any atom is 0.326 e. The second-order valence-corrected chi connectivity index (χ2v) is 8.15. The molecule has 3 atom stereocenters. The molecule has 0 aromatic heterocycles. The minimum Gasteiger partial charge on any atom is -0.508 e. The van der Waals surface area contributed by atoms with E-state index in [0.717, 1.165) is 0 Å². The highest BCUT2D eigenvalue weighted by atomic mass is 32.2. The molecule has 0 spiro atoms. The van der Waals surface area contributed by atoms with Gasteiger partial charge in [0.25, 0.3) is 0 Å². The van der Waals surface area contributed by atoms with Crippen LogP contribution in [0.25, 0.3) is 0 Å². The number of benzene rings is 1. The number of carbonyl (C=O) groups excluding carboxylic acids is 2. The number of thioether (sulfide) groups is 1. The van der Waals surface area contributed by atoms with Crippen molar-refractivity contribution in [1.29, 1.82) is 0 Å². The van der Waals surface area contributed by atoms with Gasteiger partial charge in [-0.1, -0.05) is 12.1 Å². The molecular weight excluding hydrogens is 436 g/mol. The quantitative estimate of drug-likeness (QED) is 0.103. The van der Waals surface area contributed by atoms with Crippen molar-refractivity contribution in [3.05, 3.63) is 29.8 Å². The van der Waals surface area contributed by atoms with E-state index in [0.29, 0.717) is 24.2 Å². The summed E-state index contributed by atoms with van der Waals surface area (Å²) in [6.45, 7) is 0.246. The Labute approximate surface area is 191 Å². The zero-order valence-electron chi connectivity index (χ0n) is 18.0. The number of aliphatic carboxylic acids is 1. The van der Waals surface area contributed by atoms with E-state index in [9.17, 15) is 24.6 Å². The summed E-state index contributed by atoms with van der Waals surface area (Å²) in [4.78, 5) is 40.8. The maximum atomic E-state index is 12.8. The van der Waals surface area contributed by atoms with Crippen molar-refractivity contribution in [2.24, 2.45) is 22.2 Å². The van der Waals surface area contributed by atoms with Crippen LogP contribution in [0.4, 0.5) is 0 Å². The number of hydrogen-bond donors (Lipinski definition) is 7. The Balaban J connectivity index is 2.86. The molecule has 0 unspecified atom stereocenters. The van der Waals surface area contributed by atoms with Crippen LogP contribution in [0, 0.1) is 0 Å². The fourth-order valence-electron chi connectivity index (χ4n) is 2.77. The lowest BCUT2D eigenvalue weighted by Crippen LogP contribution is -2.55. The number of carboxylic acids is 1. The van der Waals surface area contributed by atoms with Gasteiger partial charge in [-0.15, -0.1) is 0 Å². The largest absolute Gasteiger partial charge is 0.508 e. The first-order valence-electron chi connectivity index (χ1n) is 10.1. The van der Waals surface area contributed by atoms with Gasteiger partial charge in [0.1, 0.15) is 17.8 Å². The molecule has 10 N–H and O–H groups in total. The van der Waals surface area contributed by atoms with Crippen molar-refractivity contribution >= 4 is 35.5 Å². The fourth-order valence-corrected chi connectivity index (χ4v) is 3.26. The van der Waals surface area contributed by atoms with Gasteiger partial charge in [-0.25, -0.2) is 4.79 Å². The van der Waals surface area contributed by atoms with E-state index in [1.807, 2.05) is 6.26 Å². The summed E-state index contributed by atoms with van der Waals surface area (Å²) >= 11 is 1.55. The van der Waals surface area contributed by atoms with E-state index in [4.69, 9.17) is 17.2 Å². The van der Waals surface area contributed by atoms with Gasteiger partial charge in [-0.2, -0.15) is 11.8 Å². The zero-order chi connectivity index (χ0) is 24.1. The molecular formula is C20H32N6O5S. The van der Waals surface area contributed by atoms with Crippen molar-refractivity contribution in [2.45, 2.75) is 43.8 Å². The molecule has 11 nitrogen and oxygen atoms in total. The van der Waals surface area contributed by atoms with E-state index < -0.39 is 35.9 Å². The molecule has 0 radical (unpaired) electrons. The number of phenols is 1. The third-order valence-corrected chi connectivity index (χ3v) is 5.18. The number of guanidine groups is 1. The molecule has 0 aliphatic rings. The number of phenolic OH excluding ortho intramolecular Hbond substituents is 1. The SMILES string of the molecule is CSCC[C@H](N)C(=O)N[C@@H](CCCN=C(N)N)C(=O)N[C@@H](Cc1ccc(O)cc1)C(=O)O. The average Bonchev–Trinajstić information content (AvgIpc) is 2.74. The Bertz CT molecular complexity index is 785. The van der Waals surface area contributed by atoms with Crippen LogP contribution < -0.4 is 27.8 Å². The number of carbonyl (C=O) groups is 3. The minimum absolute atomic E-state index is 0.00323. The Morgan fingerprint density at radius 3 is 2.25 bits per heavy atom. The first-order chi connectivity index (χ1) is 15.1. The Morgan fingerprint density at radius 1 is 1.06 bits per heavy atom. The highest BCUT2D eigenvalue weighted by molar-refractivity contribution is 7.98. The Hall–Kier alpha value is -2.99. The summed E-state index contributed by atoms with van der Waals surface area (Å²) in [7, 11) is 0. The molecule has 0 saturated carbocycles. The molecule has 0 aliphatic carbocycles. The van der Waals surface area contributed by atoms with Crippen LogP contribution in [0.1, 0.15) is 24.8 Å². The number of rotatable bonds is 14. The lowest BCUT2D eigenvalue weighted by molar-refractivity contribution is -0.142. The second-order valence-electron chi connectivity index (χ2n) is 7.17. The van der Waals surface area contributed by atoms with Crippen molar-refractivity contribution in [1.82, 2.24) is 10.6 Å². The van der Waals surface area contributed by atoms with Crippen LogP contribution in [-0.2, 0) is 20.8 Å². The van der Waals surface area contributed by atoms with Gasteiger partial charge in [0, 0.05) is 13.0 Å². The average molecular weight is 469 g/mol. The van der Waals surface area contributed by atoms with Crippen LogP contribution in [0.15, 0.2) is 29.3 Å². The molecule has 1 aromatic rings. The minimum atomic E-state index is -1.23. The fraction of sp³-hybridized carbons (Fsp3) is 0.500. The number of aromatic hydroxyl groups is 1. The van der Waals surface area contributed by atoms with Gasteiger partial charge in [0.15, 0.2) is 5.96 Å². The van der Waals surface area contributed by atoms with Gasteiger partial charge >= 0.3 is 5.97 Å². The van der Waals surface area contributed by atoms with Gasteiger partial charge in [-0.3, -0.25) is 14.6 Å². The van der Waals surface area contributed by atoms with E-state index >= 15 is 0 Å². The summed E-state index contributed by atoms with van der Waals surface area (Å²) in [6, 6.07) is 2.97.